The quantitative estimate of drug-likeness (QED) is 0.861. The maximum atomic E-state index is 12.7. The Balaban J connectivity index is 2.08. The van der Waals surface area contributed by atoms with E-state index in [0.29, 0.717) is 31.4 Å². The number of nitrogens with zero attached hydrogens (tertiary/aromatic N) is 3. The second kappa shape index (κ2) is 7.45. The summed E-state index contributed by atoms with van der Waals surface area (Å²) in [6, 6.07) is 1.88. The highest BCUT2D eigenvalue weighted by Crippen LogP contribution is 2.31. The number of carbonyl (C=O) groups excluding carboxylic acids is 1. The Bertz CT molecular complexity index is 533. The van der Waals surface area contributed by atoms with Crippen LogP contribution in [0.4, 0.5) is 0 Å². The Kier molecular flexibility index (Phi) is 5.81. The molecule has 1 aromatic rings. The smallest absolute Gasteiger partial charge is 0.271 e. The van der Waals surface area contributed by atoms with E-state index in [-0.39, 0.29) is 17.9 Å². The third-order valence-corrected chi connectivity index (χ3v) is 4.58. The molecule has 0 bridgehead atoms. The molecule has 0 aromatic carbocycles. The maximum absolute atomic E-state index is 12.7. The average Bonchev–Trinajstić information content (AvgIpc) is 2.87. The van der Waals surface area contributed by atoms with Crippen LogP contribution in [-0.4, -0.2) is 59.1 Å². The molecule has 0 atom stereocenters. The summed E-state index contributed by atoms with van der Waals surface area (Å²) in [6.45, 7) is 6.19. The molecule has 1 aliphatic rings. The van der Waals surface area contributed by atoms with Crippen molar-refractivity contribution in [3.8, 4) is 0 Å². The number of aliphatic hydroxyl groups is 1. The van der Waals surface area contributed by atoms with Crippen LogP contribution in [0.5, 0.6) is 0 Å². The zero-order chi connectivity index (χ0) is 17.0. The van der Waals surface area contributed by atoms with E-state index in [4.69, 9.17) is 4.74 Å². The number of hydrogen-bond donors (Lipinski definition) is 1. The first-order chi connectivity index (χ1) is 10.9. The lowest BCUT2D eigenvalue weighted by Crippen LogP contribution is -2.44. The van der Waals surface area contributed by atoms with E-state index in [2.05, 4.69) is 18.9 Å². The summed E-state index contributed by atoms with van der Waals surface area (Å²) >= 11 is 0. The van der Waals surface area contributed by atoms with Gasteiger partial charge in [0, 0.05) is 39.3 Å². The second-order valence-corrected chi connectivity index (χ2v) is 7.17. The highest BCUT2D eigenvalue weighted by atomic mass is 16.5. The minimum absolute atomic E-state index is 0.0469. The summed E-state index contributed by atoms with van der Waals surface area (Å²) in [5, 5.41) is 14.2. The third-order valence-electron chi connectivity index (χ3n) is 4.58. The van der Waals surface area contributed by atoms with Gasteiger partial charge in [0.1, 0.15) is 5.69 Å². The van der Waals surface area contributed by atoms with Crippen molar-refractivity contribution in [2.24, 2.45) is 18.4 Å². The van der Waals surface area contributed by atoms with Crippen LogP contribution in [-0.2, 0) is 18.2 Å². The molecular formula is C17H29N3O3. The molecule has 0 spiro atoms. The third kappa shape index (κ3) is 4.32. The van der Waals surface area contributed by atoms with Gasteiger partial charge in [-0.2, -0.15) is 5.10 Å². The van der Waals surface area contributed by atoms with Crippen LogP contribution in [0, 0.1) is 11.3 Å². The minimum Gasteiger partial charge on any atom is -0.396 e. The number of aliphatic hydroxyl groups excluding tert-OH is 1. The molecule has 23 heavy (non-hydrogen) atoms. The number of rotatable bonds is 6. The molecule has 1 aromatic heterocycles. The van der Waals surface area contributed by atoms with Crippen molar-refractivity contribution in [2.45, 2.75) is 33.1 Å². The molecule has 0 radical (unpaired) electrons. The summed E-state index contributed by atoms with van der Waals surface area (Å²) in [4.78, 5) is 14.5. The van der Waals surface area contributed by atoms with E-state index >= 15 is 0 Å². The summed E-state index contributed by atoms with van der Waals surface area (Å²) in [6.07, 6.45) is 2.43. The number of aryl methyl sites for hydroxylation is 1. The van der Waals surface area contributed by atoms with E-state index in [1.54, 1.807) is 23.7 Å². The van der Waals surface area contributed by atoms with Crippen molar-refractivity contribution >= 4 is 5.91 Å². The lowest BCUT2D eigenvalue weighted by Gasteiger charge is -2.38. The normalized spacial score (nSPS) is 17.5. The first kappa shape index (κ1) is 17.9. The van der Waals surface area contributed by atoms with Crippen molar-refractivity contribution in [3.63, 3.8) is 0 Å². The van der Waals surface area contributed by atoms with E-state index in [9.17, 15) is 9.90 Å². The Morgan fingerprint density at radius 1 is 1.48 bits per heavy atom. The summed E-state index contributed by atoms with van der Waals surface area (Å²) in [7, 11) is 3.60. The molecule has 1 fully saturated rings. The topological polar surface area (TPSA) is 67.6 Å². The van der Waals surface area contributed by atoms with Crippen molar-refractivity contribution in [3.05, 3.63) is 17.5 Å². The van der Waals surface area contributed by atoms with Gasteiger partial charge in [-0.05, 0) is 31.2 Å². The number of ether oxygens (including phenoxy) is 1. The van der Waals surface area contributed by atoms with E-state index < -0.39 is 0 Å². The summed E-state index contributed by atoms with van der Waals surface area (Å²) in [5.41, 5.74) is 1.30. The molecule has 6 nitrogen and oxygen atoms in total. The summed E-state index contributed by atoms with van der Waals surface area (Å²) < 4.78 is 7.04. The van der Waals surface area contributed by atoms with Crippen molar-refractivity contribution in [2.75, 3.05) is 33.4 Å². The second-order valence-electron chi connectivity index (χ2n) is 7.17. The Morgan fingerprint density at radius 2 is 2.13 bits per heavy atom. The molecule has 130 valence electrons. The number of aromatic nitrogens is 2. The fourth-order valence-electron chi connectivity index (χ4n) is 3.19. The van der Waals surface area contributed by atoms with Gasteiger partial charge < -0.3 is 14.7 Å². The van der Waals surface area contributed by atoms with E-state index in [0.717, 1.165) is 25.0 Å². The lowest BCUT2D eigenvalue weighted by atomic mass is 9.80. The van der Waals surface area contributed by atoms with Crippen molar-refractivity contribution in [1.82, 2.24) is 14.7 Å². The SMILES string of the molecule is CC(C)Cc1cc(C(=O)N(C)CC2(CO)CCOCC2)n(C)n1. The van der Waals surface area contributed by atoms with Gasteiger partial charge in [0.15, 0.2) is 0 Å². The van der Waals surface area contributed by atoms with Gasteiger partial charge in [-0.15, -0.1) is 0 Å². The van der Waals surface area contributed by atoms with Gasteiger partial charge in [0.2, 0.25) is 0 Å². The summed E-state index contributed by atoms with van der Waals surface area (Å²) in [5.74, 6) is 0.458. The molecular weight excluding hydrogens is 294 g/mol. The fraction of sp³-hybridized carbons (Fsp3) is 0.765. The molecule has 0 aliphatic carbocycles. The molecule has 0 unspecified atom stereocenters. The zero-order valence-electron chi connectivity index (χ0n) is 14.7. The van der Waals surface area contributed by atoms with E-state index in [1.807, 2.05) is 6.07 Å². The first-order valence-corrected chi connectivity index (χ1v) is 8.34. The highest BCUT2D eigenvalue weighted by molar-refractivity contribution is 5.92. The van der Waals surface area contributed by atoms with Gasteiger partial charge in [-0.3, -0.25) is 9.48 Å². The predicted octanol–water partition coefficient (Wildman–Crippen LogP) is 1.48. The van der Waals surface area contributed by atoms with Crippen molar-refractivity contribution < 1.29 is 14.6 Å². The van der Waals surface area contributed by atoms with E-state index in [1.165, 1.54) is 0 Å². The van der Waals surface area contributed by atoms with Crippen LogP contribution in [0.2, 0.25) is 0 Å². The Labute approximate surface area is 138 Å². The highest BCUT2D eigenvalue weighted by Gasteiger charge is 2.35. The van der Waals surface area contributed by atoms with Crippen LogP contribution in [0.1, 0.15) is 42.9 Å². The Morgan fingerprint density at radius 3 is 2.70 bits per heavy atom. The van der Waals surface area contributed by atoms with Gasteiger partial charge in [-0.25, -0.2) is 0 Å². The molecule has 1 aliphatic heterocycles. The van der Waals surface area contributed by atoms with Crippen LogP contribution in [0.25, 0.3) is 0 Å². The van der Waals surface area contributed by atoms with Crippen LogP contribution < -0.4 is 0 Å². The van der Waals surface area contributed by atoms with Gasteiger partial charge >= 0.3 is 0 Å². The Hall–Kier alpha value is -1.40. The van der Waals surface area contributed by atoms with Crippen LogP contribution in [0.15, 0.2) is 6.07 Å². The standard InChI is InChI=1S/C17H29N3O3/c1-13(2)9-14-10-15(20(4)18-14)16(22)19(3)11-17(12-21)5-7-23-8-6-17/h10,13,21H,5-9,11-12H2,1-4H3. The molecule has 0 saturated carbocycles. The van der Waals surface area contributed by atoms with Crippen LogP contribution in [0.3, 0.4) is 0 Å². The fourth-order valence-corrected chi connectivity index (χ4v) is 3.19. The number of amides is 1. The lowest BCUT2D eigenvalue weighted by molar-refractivity contribution is -0.0283. The monoisotopic (exact) mass is 323 g/mol. The zero-order valence-corrected chi connectivity index (χ0v) is 14.7. The predicted molar refractivity (Wildman–Crippen MR) is 88.3 cm³/mol. The minimum atomic E-state index is -0.248. The molecule has 1 saturated heterocycles. The average molecular weight is 323 g/mol. The van der Waals surface area contributed by atoms with Gasteiger partial charge in [0.25, 0.3) is 5.91 Å². The molecule has 1 amide bonds. The molecule has 2 heterocycles. The molecule has 1 N–H and O–H groups in total. The van der Waals surface area contributed by atoms with Crippen LogP contribution >= 0.6 is 0 Å². The van der Waals surface area contributed by atoms with Crippen molar-refractivity contribution in [1.29, 1.82) is 0 Å². The maximum Gasteiger partial charge on any atom is 0.271 e. The first-order valence-electron chi connectivity index (χ1n) is 8.34. The molecule has 2 rings (SSSR count). The van der Waals surface area contributed by atoms with Gasteiger partial charge in [-0.1, -0.05) is 13.8 Å². The largest absolute Gasteiger partial charge is 0.396 e. The number of hydrogen-bond acceptors (Lipinski definition) is 4. The molecule has 6 heteroatoms. The number of carbonyl (C=O) groups is 1. The van der Waals surface area contributed by atoms with Gasteiger partial charge in [0.05, 0.1) is 12.3 Å².